The number of sulfonamides is 1. The largest absolute Gasteiger partial charge is 0.348 e. The zero-order valence-corrected chi connectivity index (χ0v) is 19.4. The number of pyridine rings is 1. The molecule has 0 bridgehead atoms. The molecule has 2 N–H and O–H groups in total. The van der Waals surface area contributed by atoms with Crippen LogP contribution in [0, 0.1) is 0 Å². The van der Waals surface area contributed by atoms with Crippen LogP contribution in [-0.4, -0.2) is 47.3 Å². The molecule has 10 nitrogen and oxygen atoms in total. The second-order valence-electron chi connectivity index (χ2n) is 8.15. The molecule has 0 spiro atoms. The lowest BCUT2D eigenvalue weighted by Gasteiger charge is -2.16. The van der Waals surface area contributed by atoms with Crippen LogP contribution in [0.2, 0.25) is 0 Å². The molecule has 0 unspecified atom stereocenters. The number of hydrogen-bond donors (Lipinski definition) is 2. The number of rotatable bonds is 7. The third-order valence-electron chi connectivity index (χ3n) is 5.70. The van der Waals surface area contributed by atoms with E-state index in [0.717, 1.165) is 17.1 Å². The lowest BCUT2D eigenvalue weighted by atomic mass is 10.1. The Hall–Kier alpha value is -3.31. The summed E-state index contributed by atoms with van der Waals surface area (Å²) in [7, 11) is -0.831. The van der Waals surface area contributed by atoms with E-state index in [2.05, 4.69) is 15.3 Å². The number of H-pyrrole nitrogens is 1. The average molecular weight is 472 g/mol. The van der Waals surface area contributed by atoms with E-state index in [-0.39, 0.29) is 40.5 Å². The predicted octanol–water partition coefficient (Wildman–Crippen LogP) is 1.16. The zero-order valence-electron chi connectivity index (χ0n) is 18.6. The van der Waals surface area contributed by atoms with Gasteiger partial charge in [-0.2, -0.15) is 0 Å². The summed E-state index contributed by atoms with van der Waals surface area (Å²) < 4.78 is 27.7. The van der Waals surface area contributed by atoms with Gasteiger partial charge in [0.25, 0.3) is 11.5 Å². The van der Waals surface area contributed by atoms with E-state index in [4.69, 9.17) is 0 Å². The highest BCUT2D eigenvalue weighted by molar-refractivity contribution is 7.89. The summed E-state index contributed by atoms with van der Waals surface area (Å²) in [6.45, 7) is 1.98. The Labute approximate surface area is 190 Å². The van der Waals surface area contributed by atoms with Crippen molar-refractivity contribution in [1.29, 1.82) is 0 Å². The van der Waals surface area contributed by atoms with E-state index in [1.165, 1.54) is 24.7 Å². The first-order chi connectivity index (χ1) is 15.6. The number of amides is 1. The fraction of sp³-hybridized carbons (Fsp3) is 0.364. The third-order valence-corrected chi connectivity index (χ3v) is 7.61. The highest BCUT2D eigenvalue weighted by atomic mass is 32.2. The number of hydrogen-bond acceptors (Lipinski definition) is 6. The van der Waals surface area contributed by atoms with Gasteiger partial charge in [-0.25, -0.2) is 22.5 Å². The van der Waals surface area contributed by atoms with Crippen LogP contribution in [0.15, 0.2) is 44.8 Å². The van der Waals surface area contributed by atoms with Crippen molar-refractivity contribution in [3.63, 3.8) is 0 Å². The summed E-state index contributed by atoms with van der Waals surface area (Å²) in [5.41, 5.74) is 0.102. The van der Waals surface area contributed by atoms with E-state index >= 15 is 0 Å². The van der Waals surface area contributed by atoms with Gasteiger partial charge in [0, 0.05) is 38.8 Å². The first kappa shape index (κ1) is 22.9. The highest BCUT2D eigenvalue weighted by Crippen LogP contribution is 2.39. The molecule has 11 heteroatoms. The van der Waals surface area contributed by atoms with Crippen molar-refractivity contribution in [2.45, 2.75) is 43.7 Å². The second kappa shape index (κ2) is 8.56. The van der Waals surface area contributed by atoms with Gasteiger partial charge in [0.1, 0.15) is 0 Å². The number of benzene rings is 1. The van der Waals surface area contributed by atoms with Gasteiger partial charge in [0.2, 0.25) is 10.0 Å². The monoisotopic (exact) mass is 471 g/mol. The Bertz CT molecular complexity index is 1470. The molecule has 174 valence electrons. The average Bonchev–Trinajstić information content (AvgIpc) is 3.62. The maximum atomic E-state index is 13.2. The molecule has 0 radical (unpaired) electrons. The molecule has 2 heterocycles. The number of aromatic amines is 1. The third kappa shape index (κ3) is 4.21. The molecular formula is C22H25N5O5S. The van der Waals surface area contributed by atoms with Gasteiger partial charge in [-0.3, -0.25) is 19.1 Å². The van der Waals surface area contributed by atoms with Crippen LogP contribution in [0.4, 0.5) is 0 Å². The van der Waals surface area contributed by atoms with Crippen LogP contribution in [0.1, 0.15) is 47.3 Å². The first-order valence-corrected chi connectivity index (χ1v) is 12.1. The van der Waals surface area contributed by atoms with Crippen molar-refractivity contribution in [2.75, 3.05) is 14.1 Å². The number of carbonyl (C=O) groups is 1. The van der Waals surface area contributed by atoms with Crippen LogP contribution >= 0.6 is 0 Å². The number of aryl methyl sites for hydroxylation is 1. The van der Waals surface area contributed by atoms with Crippen molar-refractivity contribution in [2.24, 2.45) is 0 Å². The number of nitrogens with one attached hydrogen (secondary N) is 2. The molecule has 0 atom stereocenters. The molecule has 1 fully saturated rings. The fourth-order valence-electron chi connectivity index (χ4n) is 3.72. The van der Waals surface area contributed by atoms with E-state index in [0.29, 0.717) is 11.3 Å². The minimum absolute atomic E-state index is 0.0348. The van der Waals surface area contributed by atoms with Crippen molar-refractivity contribution < 1.29 is 13.2 Å². The molecule has 1 aliphatic rings. The molecule has 2 aromatic heterocycles. The fourth-order valence-corrected chi connectivity index (χ4v) is 4.84. The number of nitrogens with zero attached hydrogens (tertiary/aromatic N) is 3. The van der Waals surface area contributed by atoms with Gasteiger partial charge in [0.15, 0.2) is 5.65 Å². The van der Waals surface area contributed by atoms with Crippen molar-refractivity contribution in [3.05, 3.63) is 68.0 Å². The quantitative estimate of drug-likeness (QED) is 0.531. The van der Waals surface area contributed by atoms with Crippen LogP contribution in [-0.2, 0) is 23.1 Å². The Morgan fingerprint density at radius 2 is 1.94 bits per heavy atom. The van der Waals surface area contributed by atoms with Gasteiger partial charge in [-0.15, -0.1) is 0 Å². The maximum Gasteiger partial charge on any atom is 0.329 e. The van der Waals surface area contributed by atoms with Crippen LogP contribution in [0.3, 0.4) is 0 Å². The van der Waals surface area contributed by atoms with E-state index < -0.39 is 27.2 Å². The maximum absolute atomic E-state index is 13.2. The molecule has 33 heavy (non-hydrogen) atoms. The smallest absolute Gasteiger partial charge is 0.329 e. The normalized spacial score (nSPS) is 14.1. The Kier molecular flexibility index (Phi) is 5.93. The molecule has 1 saturated carbocycles. The van der Waals surface area contributed by atoms with Crippen molar-refractivity contribution >= 4 is 27.0 Å². The standard InChI is InChI=1S/C22H25N5O5S/c1-4-27-19-18(21(29)25-22(27)30)15(11-16(24-19)13-9-10-13)20(28)23-12-14-7-5-6-8-17(14)33(31,32)26(2)3/h5-8,11,13H,4,9-10,12H2,1-3H3,(H,23,28)(H,25,29,30). The molecule has 0 aliphatic heterocycles. The van der Waals surface area contributed by atoms with Gasteiger partial charge < -0.3 is 5.32 Å². The van der Waals surface area contributed by atoms with E-state index in [1.807, 2.05) is 0 Å². The summed E-state index contributed by atoms with van der Waals surface area (Å²) in [5, 5.41) is 2.77. The number of carbonyl (C=O) groups excluding carboxylic acids is 1. The SMILES string of the molecule is CCn1c(=O)[nH]c(=O)c2c(C(=O)NCc3ccccc3S(=O)(=O)N(C)C)cc(C3CC3)nc21. The predicted molar refractivity (Wildman–Crippen MR) is 123 cm³/mol. The highest BCUT2D eigenvalue weighted by Gasteiger charge is 2.29. The lowest BCUT2D eigenvalue weighted by molar-refractivity contribution is 0.0952. The summed E-state index contributed by atoms with van der Waals surface area (Å²) in [6, 6.07) is 8.00. The molecule has 4 rings (SSSR count). The number of fused-ring (bicyclic) bond motifs is 1. The molecule has 3 aromatic rings. The van der Waals surface area contributed by atoms with Crippen LogP contribution in [0.5, 0.6) is 0 Å². The first-order valence-electron chi connectivity index (χ1n) is 10.6. The Balaban J connectivity index is 1.76. The van der Waals surface area contributed by atoms with Crippen molar-refractivity contribution in [1.82, 2.24) is 24.2 Å². The second-order valence-corrected chi connectivity index (χ2v) is 10.3. The zero-order chi connectivity index (χ0) is 23.9. The summed E-state index contributed by atoms with van der Waals surface area (Å²) in [4.78, 5) is 45.0. The molecule has 1 aliphatic carbocycles. The van der Waals surface area contributed by atoms with Gasteiger partial charge in [-0.1, -0.05) is 18.2 Å². The minimum Gasteiger partial charge on any atom is -0.348 e. The van der Waals surface area contributed by atoms with E-state index in [9.17, 15) is 22.8 Å². The summed E-state index contributed by atoms with van der Waals surface area (Å²) >= 11 is 0. The summed E-state index contributed by atoms with van der Waals surface area (Å²) in [5.74, 6) is -0.361. The summed E-state index contributed by atoms with van der Waals surface area (Å²) in [6.07, 6.45) is 1.85. The van der Waals surface area contributed by atoms with Crippen molar-refractivity contribution in [3.8, 4) is 0 Å². The molecule has 1 aromatic carbocycles. The van der Waals surface area contributed by atoms with E-state index in [1.54, 1.807) is 31.2 Å². The molecule has 0 saturated heterocycles. The number of aromatic nitrogens is 3. The van der Waals surface area contributed by atoms with Gasteiger partial charge in [0.05, 0.1) is 15.8 Å². The Morgan fingerprint density at radius 3 is 2.58 bits per heavy atom. The molecular weight excluding hydrogens is 446 g/mol. The van der Waals surface area contributed by atoms with Crippen LogP contribution in [0.25, 0.3) is 11.0 Å². The Morgan fingerprint density at radius 1 is 1.24 bits per heavy atom. The minimum atomic E-state index is -3.71. The molecule has 1 amide bonds. The van der Waals surface area contributed by atoms with Gasteiger partial charge >= 0.3 is 5.69 Å². The van der Waals surface area contributed by atoms with Crippen LogP contribution < -0.4 is 16.6 Å². The topological polar surface area (TPSA) is 134 Å². The van der Waals surface area contributed by atoms with Gasteiger partial charge in [-0.05, 0) is 37.5 Å². The lowest BCUT2D eigenvalue weighted by Crippen LogP contribution is -2.33.